The van der Waals surface area contributed by atoms with Crippen LogP contribution >= 0.6 is 23.5 Å². The lowest BCUT2D eigenvalue weighted by molar-refractivity contribution is -0.187. The fourth-order valence-corrected chi connectivity index (χ4v) is 19.3. The Morgan fingerprint density at radius 1 is 0.323 bits per heavy atom. The van der Waals surface area contributed by atoms with Gasteiger partial charge in [-0.2, -0.15) is 23.5 Å². The summed E-state index contributed by atoms with van der Waals surface area (Å²) in [5.74, 6) is 6.50. The lowest BCUT2D eigenvalue weighted by Crippen LogP contribution is -2.49. The fraction of sp³-hybridized carbons (Fsp3) is 1.00. The third-order valence-corrected chi connectivity index (χ3v) is 28.0. The highest BCUT2D eigenvalue weighted by Crippen LogP contribution is 2.47. The second-order valence-electron chi connectivity index (χ2n) is 34.4. The molecule has 12 rings (SSSR count). The van der Waals surface area contributed by atoms with Gasteiger partial charge >= 0.3 is 0 Å². The third kappa shape index (κ3) is 32.0. The van der Waals surface area contributed by atoms with E-state index >= 15 is 0 Å². The van der Waals surface area contributed by atoms with Crippen LogP contribution in [0.1, 0.15) is 362 Å². The first kappa shape index (κ1) is 80.4. The van der Waals surface area contributed by atoms with Crippen molar-refractivity contribution in [3.8, 4) is 0 Å². The maximum atomic E-state index is 5.87. The smallest absolute Gasteiger partial charge is 0.0844 e. The summed E-state index contributed by atoms with van der Waals surface area (Å²) in [5, 5.41) is 1.64. The largest absolute Gasteiger partial charge is 0.380 e. The minimum absolute atomic E-state index is 0. The highest BCUT2D eigenvalue weighted by molar-refractivity contribution is 8.07. The topological polar surface area (TPSA) is 96.3 Å². The number of rotatable bonds is 56. The molecule has 0 aromatic carbocycles. The van der Waals surface area contributed by atoms with Crippen molar-refractivity contribution in [1.29, 1.82) is 0 Å². The summed E-state index contributed by atoms with van der Waals surface area (Å²) in [6.45, 7) is 13.4. The zero-order valence-corrected chi connectivity index (χ0v) is 63.7. The molecule has 0 bridgehead atoms. The molecule has 0 amide bonds. The quantitative estimate of drug-likeness (QED) is 0.0430. The molecule has 96 heavy (non-hydrogen) atoms. The second kappa shape index (κ2) is 45.6. The van der Waals surface area contributed by atoms with E-state index in [1.54, 1.807) is 0 Å². The van der Waals surface area contributed by atoms with Crippen LogP contribution in [0.25, 0.3) is 0 Å². The Labute approximate surface area is 601 Å². The van der Waals surface area contributed by atoms with Gasteiger partial charge in [-0.3, -0.25) is 0 Å². The molecular formula is C85H154O9S2. The first-order valence-corrected chi connectivity index (χ1v) is 44.7. The highest BCUT2D eigenvalue weighted by Gasteiger charge is 2.47. The van der Waals surface area contributed by atoms with Gasteiger partial charge < -0.3 is 42.6 Å². The molecule has 560 valence electrons. The number of fused-ring (bicyclic) bond motifs is 4. The molecule has 12 aliphatic rings. The van der Waals surface area contributed by atoms with Crippen LogP contribution in [0.4, 0.5) is 0 Å². The Bertz CT molecular complexity index is 1800. The maximum Gasteiger partial charge on any atom is 0.0844 e. The van der Waals surface area contributed by atoms with Crippen molar-refractivity contribution in [2.75, 3.05) is 77.6 Å². The summed E-state index contributed by atoms with van der Waals surface area (Å²) >= 11 is 4.00. The third-order valence-electron chi connectivity index (χ3n) is 26.2. The molecule has 8 saturated heterocycles. The molecule has 11 heteroatoms. The van der Waals surface area contributed by atoms with Crippen molar-refractivity contribution >= 4 is 23.5 Å². The molecule has 4 saturated carbocycles. The molecule has 14 atom stereocenters. The van der Waals surface area contributed by atoms with Crippen molar-refractivity contribution in [2.45, 2.75) is 421 Å². The van der Waals surface area contributed by atoms with E-state index in [1.165, 1.54) is 326 Å². The zero-order chi connectivity index (χ0) is 65.3. The monoisotopic (exact) mass is 1380 g/mol. The van der Waals surface area contributed by atoms with Gasteiger partial charge in [0.05, 0.1) is 102 Å². The molecule has 8 aliphatic heterocycles. The van der Waals surface area contributed by atoms with Gasteiger partial charge in [0.2, 0.25) is 0 Å². The summed E-state index contributed by atoms with van der Waals surface area (Å²) in [7, 11) is 0. The van der Waals surface area contributed by atoms with E-state index in [1.807, 2.05) is 23.5 Å². The van der Waals surface area contributed by atoms with Crippen molar-refractivity contribution in [2.24, 2.45) is 39.9 Å². The minimum Gasteiger partial charge on any atom is -0.380 e. The van der Waals surface area contributed by atoms with Crippen LogP contribution in [0.5, 0.6) is 0 Å². The Balaban J connectivity index is 0.000000293. The van der Waals surface area contributed by atoms with Gasteiger partial charge in [0, 0.05) is 46.0 Å². The summed E-state index contributed by atoms with van der Waals surface area (Å²) in [6, 6.07) is 0. The Morgan fingerprint density at radius 2 is 0.583 bits per heavy atom. The number of ether oxygens (including phenoxy) is 9. The van der Waals surface area contributed by atoms with Crippen molar-refractivity contribution in [1.82, 2.24) is 0 Å². The van der Waals surface area contributed by atoms with Gasteiger partial charge in [-0.05, 0) is 158 Å². The number of epoxide rings is 4. The average molecular weight is 1380 g/mol. The first-order valence-electron chi connectivity index (χ1n) is 42.6. The average Bonchev–Trinajstić information content (AvgIpc) is 1.40. The lowest BCUT2D eigenvalue weighted by Gasteiger charge is -2.44. The van der Waals surface area contributed by atoms with E-state index in [0.717, 1.165) is 126 Å². The van der Waals surface area contributed by atoms with Crippen molar-refractivity contribution in [3.05, 3.63) is 0 Å². The van der Waals surface area contributed by atoms with E-state index < -0.39 is 0 Å². The Morgan fingerprint density at radius 3 is 0.812 bits per heavy atom. The number of unbranched alkanes of at least 4 members (excludes halogenated alkanes) is 26. The van der Waals surface area contributed by atoms with Gasteiger partial charge in [0.1, 0.15) is 0 Å². The van der Waals surface area contributed by atoms with Crippen LogP contribution in [0, 0.1) is 39.9 Å². The fourth-order valence-electron chi connectivity index (χ4n) is 18.4. The normalized spacial score (nSPS) is 31.6. The zero-order valence-electron chi connectivity index (χ0n) is 62.0. The summed E-state index contributed by atoms with van der Waals surface area (Å²) in [5.41, 5.74) is 1.27. The molecule has 0 N–H and O–H groups in total. The molecule has 0 radical (unpaired) electrons. The molecule has 0 aromatic rings. The van der Waals surface area contributed by atoms with E-state index in [2.05, 4.69) is 13.8 Å². The molecule has 12 fully saturated rings. The van der Waals surface area contributed by atoms with E-state index in [-0.39, 0.29) is 7.43 Å². The van der Waals surface area contributed by atoms with Gasteiger partial charge in [-0.1, -0.05) is 233 Å². The SMILES string of the molecule is C.C(CCCCCC(CCCCCCCCCC1CCC2OC2C1)(CCCCCCCCCC1CCC2OC2C1)CCCCCCCCCC1CCC2OC2C1)CCCCC1CCC2OC2C1.C(CCOCC1CS1)COCC1CS1.CCC1(COCC2(CC)COC2)COC1. The van der Waals surface area contributed by atoms with Crippen molar-refractivity contribution < 1.29 is 42.6 Å². The molecule has 4 aliphatic carbocycles. The van der Waals surface area contributed by atoms with Crippen LogP contribution in [0.2, 0.25) is 0 Å². The second-order valence-corrected chi connectivity index (χ2v) is 37.1. The van der Waals surface area contributed by atoms with Gasteiger partial charge in [0.25, 0.3) is 0 Å². The van der Waals surface area contributed by atoms with Crippen LogP contribution < -0.4 is 0 Å². The van der Waals surface area contributed by atoms with Crippen molar-refractivity contribution in [3.63, 3.8) is 0 Å². The standard InChI is InChI=1S/C62H110O4.C12H22O3.C10H18O2S2.CH4/c1(6-14-22-30-50-34-38-54-58(46-50)63-54)2-10-18-26-42-62(43-27-19-11-3-7-15-23-31-51-35-39-55-59(47-51)64-55,44-28-20-12-4-8-16-24-32-52-36-40-56-60(48-52)65-56)45-29-21-13-5-9-17-25-33-53-37-41-57-61(49-53)66-57;1-3-11(5-13-6-11)9-15-10-12(4-2)7-14-8-12;1(3-11-5-9-7-13-9)2-4-12-6-10-8-14-10;/h50-61H,1-49H2;3-10H2,1-2H3;9-10H,1-8H2;1H4. The summed E-state index contributed by atoms with van der Waals surface area (Å²) < 4.78 is 50.7. The summed E-state index contributed by atoms with van der Waals surface area (Å²) in [4.78, 5) is 0. The van der Waals surface area contributed by atoms with Gasteiger partial charge in [0.15, 0.2) is 0 Å². The summed E-state index contributed by atoms with van der Waals surface area (Å²) in [6.07, 6.45) is 81.6. The number of thioether (sulfide) groups is 2. The molecule has 0 aromatic heterocycles. The van der Waals surface area contributed by atoms with E-state index in [0.29, 0.717) is 65.1 Å². The Hall–Kier alpha value is 0.340. The van der Waals surface area contributed by atoms with E-state index in [9.17, 15) is 0 Å². The minimum atomic E-state index is 0. The van der Waals surface area contributed by atoms with Crippen LogP contribution in [0.15, 0.2) is 0 Å². The van der Waals surface area contributed by atoms with Crippen LogP contribution in [0.3, 0.4) is 0 Å². The van der Waals surface area contributed by atoms with E-state index in [4.69, 9.17) is 42.6 Å². The first-order chi connectivity index (χ1) is 46.9. The number of hydrogen-bond acceptors (Lipinski definition) is 11. The molecule has 8 heterocycles. The van der Waals surface area contributed by atoms with Crippen LogP contribution in [-0.2, 0) is 42.6 Å². The van der Waals surface area contributed by atoms with Gasteiger partial charge in [-0.25, -0.2) is 0 Å². The Kier molecular flexibility index (Phi) is 38.2. The highest BCUT2D eigenvalue weighted by atomic mass is 32.2. The molecule has 0 spiro atoms. The predicted molar refractivity (Wildman–Crippen MR) is 405 cm³/mol. The van der Waals surface area contributed by atoms with Gasteiger partial charge in [-0.15, -0.1) is 0 Å². The molecule has 14 unspecified atom stereocenters. The molecule has 9 nitrogen and oxygen atoms in total. The molecular weight excluding hydrogens is 1230 g/mol. The lowest BCUT2D eigenvalue weighted by atomic mass is 9.70. The van der Waals surface area contributed by atoms with Crippen LogP contribution in [-0.4, -0.2) is 137 Å². The number of hydrogen-bond donors (Lipinski definition) is 0. The maximum absolute atomic E-state index is 5.87. The predicted octanol–water partition coefficient (Wildman–Crippen LogP) is 23.2.